The number of rotatable bonds is 4. The van der Waals surface area contributed by atoms with Crippen molar-refractivity contribution < 1.29 is 4.79 Å². The maximum absolute atomic E-state index is 12.5. The highest BCUT2D eigenvalue weighted by molar-refractivity contribution is 5.94. The van der Waals surface area contributed by atoms with Gasteiger partial charge in [0.2, 0.25) is 5.56 Å². The van der Waals surface area contributed by atoms with E-state index in [0.717, 1.165) is 0 Å². The van der Waals surface area contributed by atoms with E-state index in [1.54, 1.807) is 30.3 Å². The molecule has 0 saturated carbocycles. The average Bonchev–Trinajstić information content (AvgIpc) is 2.59. The lowest BCUT2D eigenvalue weighted by atomic mass is 10.2. The first-order valence-electron chi connectivity index (χ1n) is 7.54. The fourth-order valence-electron chi connectivity index (χ4n) is 2.48. The van der Waals surface area contributed by atoms with Crippen LogP contribution in [-0.2, 0) is 6.54 Å². The molecule has 7 nitrogen and oxygen atoms in total. The van der Waals surface area contributed by atoms with E-state index >= 15 is 0 Å². The third-order valence-electron chi connectivity index (χ3n) is 3.69. The van der Waals surface area contributed by atoms with Gasteiger partial charge in [0.05, 0.1) is 17.4 Å². The van der Waals surface area contributed by atoms with Crippen molar-refractivity contribution in [1.29, 1.82) is 0 Å². The van der Waals surface area contributed by atoms with Gasteiger partial charge in [0.25, 0.3) is 11.5 Å². The van der Waals surface area contributed by atoms with Crippen molar-refractivity contribution in [3.63, 3.8) is 0 Å². The Labute approximate surface area is 137 Å². The monoisotopic (exact) mass is 324 g/mol. The van der Waals surface area contributed by atoms with Crippen LogP contribution in [0.1, 0.15) is 23.1 Å². The maximum atomic E-state index is 12.5. The van der Waals surface area contributed by atoms with Crippen LogP contribution in [0.4, 0.5) is 0 Å². The fraction of sp³-hybridized carbons (Fsp3) is 0.176. The molecule has 1 aromatic carbocycles. The van der Waals surface area contributed by atoms with Crippen molar-refractivity contribution in [3.05, 3.63) is 74.7 Å². The Morgan fingerprint density at radius 3 is 2.75 bits per heavy atom. The number of hydrogen-bond acceptors (Lipinski definition) is 4. The van der Waals surface area contributed by atoms with Gasteiger partial charge in [-0.2, -0.15) is 0 Å². The minimum atomic E-state index is -0.339. The molecule has 2 heterocycles. The van der Waals surface area contributed by atoms with Gasteiger partial charge in [0.1, 0.15) is 5.82 Å². The molecule has 122 valence electrons. The van der Waals surface area contributed by atoms with Crippen LogP contribution >= 0.6 is 0 Å². The van der Waals surface area contributed by atoms with Crippen molar-refractivity contribution in [2.45, 2.75) is 13.5 Å². The molecule has 7 heteroatoms. The van der Waals surface area contributed by atoms with E-state index < -0.39 is 0 Å². The van der Waals surface area contributed by atoms with Crippen LogP contribution in [0.2, 0.25) is 0 Å². The molecule has 0 unspecified atom stereocenters. The van der Waals surface area contributed by atoms with Crippen LogP contribution in [0.25, 0.3) is 10.9 Å². The normalized spacial score (nSPS) is 10.7. The second kappa shape index (κ2) is 6.49. The summed E-state index contributed by atoms with van der Waals surface area (Å²) >= 11 is 0. The standard InChI is InChI=1S/C17H16N4O3/c1-2-21(17(24)11-7-8-18-15(22)9-11)10-14-19-13-6-4-3-5-12(13)16(23)20-14/h3-9H,2,10H2,1H3,(H,18,22)(H,19,20,23). The minimum absolute atomic E-state index is 0.155. The number of aromatic nitrogens is 3. The van der Waals surface area contributed by atoms with Gasteiger partial charge in [-0.05, 0) is 25.1 Å². The summed E-state index contributed by atoms with van der Waals surface area (Å²) in [7, 11) is 0. The Balaban J connectivity index is 1.92. The van der Waals surface area contributed by atoms with Gasteiger partial charge < -0.3 is 14.9 Å². The molecule has 0 saturated heterocycles. The van der Waals surface area contributed by atoms with Crippen LogP contribution in [0.5, 0.6) is 0 Å². The lowest BCUT2D eigenvalue weighted by Crippen LogP contribution is -2.32. The lowest BCUT2D eigenvalue weighted by molar-refractivity contribution is 0.0748. The van der Waals surface area contributed by atoms with Gasteiger partial charge in [-0.1, -0.05) is 12.1 Å². The predicted octanol–water partition coefficient (Wildman–Crippen LogP) is 1.27. The van der Waals surface area contributed by atoms with Gasteiger partial charge in [-0.3, -0.25) is 14.4 Å². The maximum Gasteiger partial charge on any atom is 0.258 e. The molecule has 0 atom stereocenters. The summed E-state index contributed by atoms with van der Waals surface area (Å²) in [5.41, 5.74) is 0.295. The number of fused-ring (bicyclic) bond motifs is 1. The number of nitrogens with zero attached hydrogens (tertiary/aromatic N) is 2. The molecule has 0 radical (unpaired) electrons. The summed E-state index contributed by atoms with van der Waals surface area (Å²) in [5.74, 6) is 0.109. The zero-order chi connectivity index (χ0) is 17.1. The molecule has 0 spiro atoms. The Hall–Kier alpha value is -3.22. The second-order valence-corrected chi connectivity index (χ2v) is 5.29. The first-order valence-corrected chi connectivity index (χ1v) is 7.54. The van der Waals surface area contributed by atoms with Crippen LogP contribution in [0.15, 0.2) is 52.2 Å². The zero-order valence-electron chi connectivity index (χ0n) is 13.1. The van der Waals surface area contributed by atoms with E-state index in [9.17, 15) is 14.4 Å². The molecule has 0 aliphatic carbocycles. The summed E-state index contributed by atoms with van der Waals surface area (Å²) in [5, 5.41) is 0.505. The largest absolute Gasteiger partial charge is 0.331 e. The first-order chi connectivity index (χ1) is 11.6. The van der Waals surface area contributed by atoms with Crippen LogP contribution in [-0.4, -0.2) is 32.3 Å². The average molecular weight is 324 g/mol. The molecule has 2 N–H and O–H groups in total. The highest BCUT2D eigenvalue weighted by Gasteiger charge is 2.16. The van der Waals surface area contributed by atoms with E-state index in [-0.39, 0.29) is 23.6 Å². The Morgan fingerprint density at radius 2 is 2.00 bits per heavy atom. The van der Waals surface area contributed by atoms with E-state index in [2.05, 4.69) is 15.0 Å². The topological polar surface area (TPSA) is 98.9 Å². The number of amides is 1. The van der Waals surface area contributed by atoms with Gasteiger partial charge >= 0.3 is 0 Å². The van der Waals surface area contributed by atoms with Crippen LogP contribution < -0.4 is 11.1 Å². The lowest BCUT2D eigenvalue weighted by Gasteiger charge is -2.20. The van der Waals surface area contributed by atoms with Crippen molar-refractivity contribution in [3.8, 4) is 0 Å². The number of nitrogens with one attached hydrogen (secondary N) is 2. The third kappa shape index (κ3) is 3.10. The number of hydrogen-bond donors (Lipinski definition) is 2. The van der Waals surface area contributed by atoms with Crippen molar-refractivity contribution in [1.82, 2.24) is 19.9 Å². The Morgan fingerprint density at radius 1 is 1.21 bits per heavy atom. The number of aromatic amines is 2. The number of carbonyl (C=O) groups is 1. The zero-order valence-corrected chi connectivity index (χ0v) is 13.1. The third-order valence-corrected chi connectivity index (χ3v) is 3.69. The molecular formula is C17H16N4O3. The Kier molecular flexibility index (Phi) is 4.24. The fourth-order valence-corrected chi connectivity index (χ4v) is 2.48. The molecule has 0 aliphatic rings. The molecule has 3 aromatic rings. The van der Waals surface area contributed by atoms with Crippen LogP contribution in [0.3, 0.4) is 0 Å². The SMILES string of the molecule is CCN(Cc1nc2ccccc2c(=O)[nH]1)C(=O)c1cc[nH]c(=O)c1. The number of pyridine rings is 1. The van der Waals surface area contributed by atoms with Gasteiger partial charge in [-0.25, -0.2) is 4.98 Å². The van der Waals surface area contributed by atoms with Crippen molar-refractivity contribution >= 4 is 16.8 Å². The predicted molar refractivity (Wildman–Crippen MR) is 89.8 cm³/mol. The molecule has 0 fully saturated rings. The molecule has 2 aromatic heterocycles. The van der Waals surface area contributed by atoms with E-state index in [1.165, 1.54) is 17.2 Å². The Bertz CT molecular complexity index is 1010. The van der Waals surface area contributed by atoms with E-state index in [1.807, 2.05) is 6.92 Å². The summed E-state index contributed by atoms with van der Waals surface area (Å²) in [4.78, 5) is 47.1. The number of H-pyrrole nitrogens is 2. The summed E-state index contributed by atoms with van der Waals surface area (Å²) < 4.78 is 0. The van der Waals surface area contributed by atoms with E-state index in [4.69, 9.17) is 0 Å². The van der Waals surface area contributed by atoms with Gasteiger partial charge in [0.15, 0.2) is 0 Å². The van der Waals surface area contributed by atoms with E-state index in [0.29, 0.717) is 28.8 Å². The molecule has 0 aliphatic heterocycles. The molecule has 3 rings (SSSR count). The second-order valence-electron chi connectivity index (χ2n) is 5.29. The highest BCUT2D eigenvalue weighted by atomic mass is 16.2. The minimum Gasteiger partial charge on any atom is -0.331 e. The molecular weight excluding hydrogens is 308 g/mol. The number of benzene rings is 1. The molecule has 1 amide bonds. The first kappa shape index (κ1) is 15.7. The highest BCUT2D eigenvalue weighted by Crippen LogP contribution is 2.09. The van der Waals surface area contributed by atoms with Gasteiger partial charge in [0, 0.05) is 24.4 Å². The van der Waals surface area contributed by atoms with Crippen molar-refractivity contribution in [2.24, 2.45) is 0 Å². The smallest absolute Gasteiger partial charge is 0.258 e. The number of carbonyl (C=O) groups excluding carboxylic acids is 1. The van der Waals surface area contributed by atoms with Gasteiger partial charge in [-0.15, -0.1) is 0 Å². The molecule has 0 bridgehead atoms. The summed E-state index contributed by atoms with van der Waals surface area (Å²) in [6.07, 6.45) is 1.43. The summed E-state index contributed by atoms with van der Waals surface area (Å²) in [6.45, 7) is 2.40. The molecule has 24 heavy (non-hydrogen) atoms. The number of para-hydroxylation sites is 1. The van der Waals surface area contributed by atoms with Crippen molar-refractivity contribution in [2.75, 3.05) is 6.54 Å². The summed E-state index contributed by atoms with van der Waals surface area (Å²) in [6, 6.07) is 9.82. The quantitative estimate of drug-likeness (QED) is 0.755. The van der Waals surface area contributed by atoms with Crippen LogP contribution in [0, 0.1) is 0 Å².